The number of rotatable bonds is 1. The van der Waals surface area contributed by atoms with Crippen LogP contribution >= 0.6 is 0 Å². The van der Waals surface area contributed by atoms with Crippen molar-refractivity contribution in [3.8, 4) is 0 Å². The third-order valence-electron chi connectivity index (χ3n) is 5.27. The summed E-state index contributed by atoms with van der Waals surface area (Å²) < 4.78 is 0. The van der Waals surface area contributed by atoms with Crippen LogP contribution in [0.4, 0.5) is 0 Å². The fraction of sp³-hybridized carbons (Fsp3) is 1.00. The molecule has 1 N–H and O–H groups in total. The molecule has 14 heavy (non-hydrogen) atoms. The summed E-state index contributed by atoms with van der Waals surface area (Å²) >= 11 is 0. The van der Waals surface area contributed by atoms with E-state index in [9.17, 15) is 0 Å². The van der Waals surface area contributed by atoms with Crippen LogP contribution in [0.25, 0.3) is 0 Å². The molecule has 80 valence electrons. The quantitative estimate of drug-likeness (QED) is 0.675. The van der Waals surface area contributed by atoms with Gasteiger partial charge in [-0.3, -0.25) is 0 Å². The number of nitrogens with one attached hydrogen (secondary N) is 1. The van der Waals surface area contributed by atoms with E-state index in [2.05, 4.69) is 5.32 Å². The van der Waals surface area contributed by atoms with E-state index in [0.717, 1.165) is 17.3 Å². The predicted molar refractivity (Wildman–Crippen MR) is 59.2 cm³/mol. The zero-order valence-electron chi connectivity index (χ0n) is 9.23. The highest BCUT2D eigenvalue weighted by molar-refractivity contribution is 5.00. The van der Waals surface area contributed by atoms with Gasteiger partial charge in [0.25, 0.3) is 0 Å². The molecule has 3 fully saturated rings. The Hall–Kier alpha value is -0.0400. The van der Waals surface area contributed by atoms with E-state index in [4.69, 9.17) is 0 Å². The molecular formula is C13H23N. The van der Waals surface area contributed by atoms with Crippen LogP contribution in [-0.4, -0.2) is 13.1 Å². The SMILES string of the molecule is C1CCC(C2CNCCC23CCC3)C1. The van der Waals surface area contributed by atoms with Crippen LogP contribution in [0.2, 0.25) is 0 Å². The third kappa shape index (κ3) is 1.32. The van der Waals surface area contributed by atoms with E-state index < -0.39 is 0 Å². The van der Waals surface area contributed by atoms with E-state index in [1.807, 2.05) is 0 Å². The van der Waals surface area contributed by atoms with E-state index in [0.29, 0.717) is 0 Å². The Morgan fingerprint density at radius 1 is 0.929 bits per heavy atom. The summed E-state index contributed by atoms with van der Waals surface area (Å²) in [6.07, 6.45) is 12.2. The van der Waals surface area contributed by atoms with Crippen molar-refractivity contribution in [2.24, 2.45) is 17.3 Å². The van der Waals surface area contributed by atoms with Gasteiger partial charge in [0.05, 0.1) is 0 Å². The predicted octanol–water partition coefficient (Wildman–Crippen LogP) is 2.96. The lowest BCUT2D eigenvalue weighted by molar-refractivity contribution is -0.0140. The average Bonchev–Trinajstić information content (AvgIpc) is 2.68. The third-order valence-corrected chi connectivity index (χ3v) is 5.27. The molecule has 0 aromatic carbocycles. The molecule has 0 aromatic rings. The first-order valence-corrected chi connectivity index (χ1v) is 6.61. The molecule has 0 radical (unpaired) electrons. The molecule has 1 unspecified atom stereocenters. The first kappa shape index (κ1) is 9.21. The van der Waals surface area contributed by atoms with E-state index >= 15 is 0 Å². The fourth-order valence-corrected chi connectivity index (χ4v) is 4.27. The van der Waals surface area contributed by atoms with Gasteiger partial charge in [-0.05, 0) is 49.6 Å². The fourth-order valence-electron chi connectivity index (χ4n) is 4.27. The second-order valence-electron chi connectivity index (χ2n) is 5.82. The highest BCUT2D eigenvalue weighted by atomic mass is 14.9. The van der Waals surface area contributed by atoms with Crippen LogP contribution in [0.3, 0.4) is 0 Å². The van der Waals surface area contributed by atoms with Crippen molar-refractivity contribution in [3.05, 3.63) is 0 Å². The molecule has 1 spiro atoms. The molecule has 1 atom stereocenters. The molecular weight excluding hydrogens is 170 g/mol. The molecule has 3 rings (SSSR count). The summed E-state index contributed by atoms with van der Waals surface area (Å²) in [7, 11) is 0. The highest BCUT2D eigenvalue weighted by Gasteiger charge is 2.48. The summed E-state index contributed by atoms with van der Waals surface area (Å²) in [6.45, 7) is 2.63. The van der Waals surface area contributed by atoms with Gasteiger partial charge in [-0.15, -0.1) is 0 Å². The van der Waals surface area contributed by atoms with Crippen molar-refractivity contribution in [2.75, 3.05) is 13.1 Å². The zero-order valence-corrected chi connectivity index (χ0v) is 9.23. The summed E-state index contributed by atoms with van der Waals surface area (Å²) in [5.74, 6) is 2.13. The Labute approximate surface area is 87.7 Å². The topological polar surface area (TPSA) is 12.0 Å². The second kappa shape index (κ2) is 3.52. The Bertz CT molecular complexity index is 201. The Kier molecular flexibility index (Phi) is 2.31. The first-order valence-electron chi connectivity index (χ1n) is 6.61. The lowest BCUT2D eigenvalue weighted by atomic mass is 9.55. The van der Waals surface area contributed by atoms with Crippen LogP contribution in [0, 0.1) is 17.3 Å². The molecule has 0 bridgehead atoms. The van der Waals surface area contributed by atoms with Crippen LogP contribution < -0.4 is 5.32 Å². The number of piperidine rings is 1. The summed E-state index contributed by atoms with van der Waals surface area (Å²) in [6, 6.07) is 0. The molecule has 1 heteroatoms. The standard InChI is InChI=1S/C13H23N/c1-2-5-11(4-1)12-10-14-9-8-13(12)6-3-7-13/h11-12,14H,1-10H2. The first-order chi connectivity index (χ1) is 6.91. The Morgan fingerprint density at radius 2 is 1.71 bits per heavy atom. The normalized spacial score (nSPS) is 37.3. The van der Waals surface area contributed by atoms with E-state index in [1.54, 1.807) is 12.8 Å². The van der Waals surface area contributed by atoms with Crippen LogP contribution in [0.5, 0.6) is 0 Å². The van der Waals surface area contributed by atoms with Crippen LogP contribution in [0.15, 0.2) is 0 Å². The van der Waals surface area contributed by atoms with Gasteiger partial charge >= 0.3 is 0 Å². The lowest BCUT2D eigenvalue weighted by Crippen LogP contribution is -2.51. The Balaban J connectivity index is 1.74. The summed E-state index contributed by atoms with van der Waals surface area (Å²) in [4.78, 5) is 0. The van der Waals surface area contributed by atoms with Gasteiger partial charge in [-0.2, -0.15) is 0 Å². The molecule has 3 aliphatic rings. The number of hydrogen-bond acceptors (Lipinski definition) is 1. The largest absolute Gasteiger partial charge is 0.316 e. The van der Waals surface area contributed by atoms with Crippen molar-refractivity contribution >= 4 is 0 Å². The van der Waals surface area contributed by atoms with Gasteiger partial charge in [-0.1, -0.05) is 32.1 Å². The maximum atomic E-state index is 3.64. The molecule has 1 saturated heterocycles. The average molecular weight is 193 g/mol. The van der Waals surface area contributed by atoms with Crippen molar-refractivity contribution in [3.63, 3.8) is 0 Å². The van der Waals surface area contributed by atoms with Crippen molar-refractivity contribution in [1.29, 1.82) is 0 Å². The summed E-state index contributed by atoms with van der Waals surface area (Å²) in [5.41, 5.74) is 0.820. The van der Waals surface area contributed by atoms with E-state index in [-0.39, 0.29) is 0 Å². The van der Waals surface area contributed by atoms with Gasteiger partial charge in [0.1, 0.15) is 0 Å². The second-order valence-corrected chi connectivity index (χ2v) is 5.82. The van der Waals surface area contributed by atoms with Crippen LogP contribution in [-0.2, 0) is 0 Å². The molecule has 0 aromatic heterocycles. The van der Waals surface area contributed by atoms with Gasteiger partial charge < -0.3 is 5.32 Å². The highest BCUT2D eigenvalue weighted by Crippen LogP contribution is 2.55. The molecule has 2 aliphatic carbocycles. The van der Waals surface area contributed by atoms with Gasteiger partial charge in [0.15, 0.2) is 0 Å². The minimum atomic E-state index is 0.820. The molecule has 2 saturated carbocycles. The van der Waals surface area contributed by atoms with E-state index in [1.165, 1.54) is 51.6 Å². The maximum Gasteiger partial charge on any atom is -0.00125 e. The van der Waals surface area contributed by atoms with Crippen molar-refractivity contribution < 1.29 is 0 Å². The number of hydrogen-bond donors (Lipinski definition) is 1. The minimum absolute atomic E-state index is 0.820. The lowest BCUT2D eigenvalue weighted by Gasteiger charge is -2.53. The Morgan fingerprint density at radius 3 is 2.36 bits per heavy atom. The minimum Gasteiger partial charge on any atom is -0.316 e. The van der Waals surface area contributed by atoms with Crippen molar-refractivity contribution in [2.45, 2.75) is 51.4 Å². The molecule has 1 heterocycles. The van der Waals surface area contributed by atoms with Gasteiger partial charge in [0, 0.05) is 0 Å². The van der Waals surface area contributed by atoms with Gasteiger partial charge in [0.2, 0.25) is 0 Å². The summed E-state index contributed by atoms with van der Waals surface area (Å²) in [5, 5.41) is 3.64. The maximum absolute atomic E-state index is 3.64. The molecule has 1 nitrogen and oxygen atoms in total. The smallest absolute Gasteiger partial charge is 0.00125 e. The monoisotopic (exact) mass is 193 g/mol. The molecule has 0 amide bonds. The van der Waals surface area contributed by atoms with Gasteiger partial charge in [-0.25, -0.2) is 0 Å². The van der Waals surface area contributed by atoms with Crippen LogP contribution in [0.1, 0.15) is 51.4 Å². The zero-order chi connectivity index (χ0) is 9.43. The van der Waals surface area contributed by atoms with Crippen molar-refractivity contribution in [1.82, 2.24) is 5.32 Å². The molecule has 1 aliphatic heterocycles.